The van der Waals surface area contributed by atoms with Crippen LogP contribution in [0.2, 0.25) is 0 Å². The molecule has 0 aromatic heterocycles. The molecule has 0 bridgehead atoms. The second-order valence-corrected chi connectivity index (χ2v) is 4.72. The van der Waals surface area contributed by atoms with Gasteiger partial charge in [0.25, 0.3) is 0 Å². The number of carboxylic acids is 1. The number of carbonyl (C=O) groups excluding carboxylic acids is 2. The van der Waals surface area contributed by atoms with E-state index in [1.807, 2.05) is 0 Å². The number of carbonyl (C=O) groups is 2. The summed E-state index contributed by atoms with van der Waals surface area (Å²) in [6.45, 7) is 3.40. The summed E-state index contributed by atoms with van der Waals surface area (Å²) in [7, 11) is 0. The van der Waals surface area contributed by atoms with E-state index in [0.717, 1.165) is 0 Å². The van der Waals surface area contributed by atoms with Gasteiger partial charge in [-0.05, 0) is 42.7 Å². The molecule has 0 atom stereocenters. The summed E-state index contributed by atoms with van der Waals surface area (Å²) < 4.78 is 5.88. The van der Waals surface area contributed by atoms with E-state index in [9.17, 15) is 14.7 Å². The second-order valence-electron chi connectivity index (χ2n) is 3.64. The summed E-state index contributed by atoms with van der Waals surface area (Å²) in [4.78, 5) is 22.1. The number of esters is 1. The number of alkyl halides is 1. The Hall–Kier alpha value is -0.110. The first-order chi connectivity index (χ1) is 7.95. The van der Waals surface area contributed by atoms with Crippen LogP contribution in [0.15, 0.2) is 12.1 Å². The normalized spacial score (nSPS) is 9.50. The van der Waals surface area contributed by atoms with Crippen LogP contribution in [0.5, 0.6) is 5.75 Å². The molecule has 1 rings (SSSR count). The summed E-state index contributed by atoms with van der Waals surface area (Å²) >= 11 is 2.09. The molecule has 0 unspecified atom stereocenters. The third kappa shape index (κ3) is 4.87. The molecule has 0 saturated heterocycles. The number of rotatable bonds is 4. The number of halogens is 1. The summed E-state index contributed by atoms with van der Waals surface area (Å²) in [5, 5.41) is 10.7. The fourth-order valence-electron chi connectivity index (χ4n) is 1.47. The number of hydrogen-bond donors (Lipinski definition) is 0. The fraction of sp³-hybridized carbons (Fsp3) is 0.333. The van der Waals surface area contributed by atoms with Crippen molar-refractivity contribution < 1.29 is 49.0 Å². The molecule has 1 aromatic rings. The molecule has 0 heterocycles. The van der Waals surface area contributed by atoms with E-state index in [2.05, 4.69) is 22.6 Å². The minimum Gasteiger partial charge on any atom is -0.545 e. The monoisotopic (exact) mass is 370 g/mol. The predicted octanol–water partition coefficient (Wildman–Crippen LogP) is -1.60. The third-order valence-corrected chi connectivity index (χ3v) is 2.75. The van der Waals surface area contributed by atoms with Crippen LogP contribution in [0.25, 0.3) is 0 Å². The van der Waals surface area contributed by atoms with Gasteiger partial charge in [0.05, 0.1) is 12.4 Å². The van der Waals surface area contributed by atoms with Gasteiger partial charge in [-0.3, -0.25) is 4.79 Å². The summed E-state index contributed by atoms with van der Waals surface area (Å²) in [6.07, 6.45) is 0.335. The van der Waals surface area contributed by atoms with E-state index in [-0.39, 0.29) is 41.1 Å². The van der Waals surface area contributed by atoms with Crippen molar-refractivity contribution in [1.82, 2.24) is 0 Å². The predicted molar refractivity (Wildman–Crippen MR) is 69.4 cm³/mol. The Morgan fingerprint density at radius 2 is 1.78 bits per heavy atom. The largest absolute Gasteiger partial charge is 1.00 e. The second kappa shape index (κ2) is 8.14. The third-order valence-electron chi connectivity index (χ3n) is 2.21. The van der Waals surface area contributed by atoms with Crippen molar-refractivity contribution in [2.45, 2.75) is 20.3 Å². The minimum atomic E-state index is -1.23. The Morgan fingerprint density at radius 1 is 1.28 bits per heavy atom. The topological polar surface area (TPSA) is 66.4 Å². The van der Waals surface area contributed by atoms with Crippen LogP contribution in [0.1, 0.15) is 27.9 Å². The van der Waals surface area contributed by atoms with E-state index >= 15 is 0 Å². The molecule has 4 nitrogen and oxygen atoms in total. The molecule has 1 aromatic carbocycles. The molecule has 6 heteroatoms. The average Bonchev–Trinajstić information content (AvgIpc) is 2.23. The molecule has 0 saturated carbocycles. The van der Waals surface area contributed by atoms with Crippen molar-refractivity contribution in [1.29, 1.82) is 0 Å². The quantitative estimate of drug-likeness (QED) is 0.211. The van der Waals surface area contributed by atoms with Crippen molar-refractivity contribution >= 4 is 34.5 Å². The maximum absolute atomic E-state index is 11.4. The van der Waals surface area contributed by atoms with Gasteiger partial charge in [-0.25, -0.2) is 0 Å². The van der Waals surface area contributed by atoms with E-state index in [4.69, 9.17) is 4.74 Å². The first-order valence-electron chi connectivity index (χ1n) is 5.05. The zero-order valence-corrected chi connectivity index (χ0v) is 14.7. The van der Waals surface area contributed by atoms with E-state index < -0.39 is 5.97 Å². The fourth-order valence-corrected chi connectivity index (χ4v) is 1.91. The van der Waals surface area contributed by atoms with Crippen LogP contribution in [0.3, 0.4) is 0 Å². The van der Waals surface area contributed by atoms with Crippen molar-refractivity contribution in [3.63, 3.8) is 0 Å². The molecule has 0 fully saturated rings. The molecular formula is C12H12INaO4. The van der Waals surface area contributed by atoms with Crippen LogP contribution in [-0.4, -0.2) is 16.4 Å². The number of aryl methyl sites for hydroxylation is 2. The first kappa shape index (κ1) is 17.9. The average molecular weight is 370 g/mol. The summed E-state index contributed by atoms with van der Waals surface area (Å²) in [5.74, 6) is -1.11. The van der Waals surface area contributed by atoms with Crippen LogP contribution < -0.4 is 39.4 Å². The van der Waals surface area contributed by atoms with E-state index in [1.165, 1.54) is 12.1 Å². The van der Waals surface area contributed by atoms with Gasteiger partial charge >= 0.3 is 35.5 Å². The molecule has 0 aliphatic carbocycles. The Balaban J connectivity index is 0.00000289. The van der Waals surface area contributed by atoms with Crippen LogP contribution in [0, 0.1) is 13.8 Å². The molecule has 0 amide bonds. The molecule has 0 aliphatic rings. The van der Waals surface area contributed by atoms with Gasteiger partial charge in [-0.1, -0.05) is 22.6 Å². The molecular weight excluding hydrogens is 358 g/mol. The van der Waals surface area contributed by atoms with Crippen LogP contribution in [-0.2, 0) is 4.79 Å². The zero-order valence-electron chi connectivity index (χ0n) is 10.6. The molecule has 92 valence electrons. The van der Waals surface area contributed by atoms with Crippen molar-refractivity contribution in [2.75, 3.05) is 4.43 Å². The first-order valence-corrected chi connectivity index (χ1v) is 6.57. The van der Waals surface area contributed by atoms with Gasteiger partial charge in [0.15, 0.2) is 0 Å². The van der Waals surface area contributed by atoms with Gasteiger partial charge < -0.3 is 14.6 Å². The summed E-state index contributed by atoms with van der Waals surface area (Å²) in [6, 6.07) is 2.88. The van der Waals surface area contributed by atoms with Gasteiger partial charge in [0.1, 0.15) is 5.75 Å². The summed E-state index contributed by atoms with van der Waals surface area (Å²) in [5.41, 5.74) is 1.32. The molecule has 0 radical (unpaired) electrons. The van der Waals surface area contributed by atoms with E-state index in [0.29, 0.717) is 27.7 Å². The number of hydrogen-bond acceptors (Lipinski definition) is 4. The standard InChI is InChI=1S/C12H13IO4.Na/c1-7-5-9(12(15)16)6-8(2)11(7)17-10(14)3-4-13;/h5-6H,3-4H2,1-2H3,(H,15,16);/q;+1/p-1. The Labute approximate surface area is 142 Å². The minimum absolute atomic E-state index is 0. The maximum Gasteiger partial charge on any atom is 1.00 e. The Kier molecular flexibility index (Phi) is 8.09. The Bertz CT molecular complexity index is 436. The van der Waals surface area contributed by atoms with Crippen molar-refractivity contribution in [3.8, 4) is 5.75 Å². The van der Waals surface area contributed by atoms with Gasteiger partial charge in [0, 0.05) is 4.43 Å². The molecule has 0 N–H and O–H groups in total. The van der Waals surface area contributed by atoms with Gasteiger partial charge in [-0.2, -0.15) is 0 Å². The van der Waals surface area contributed by atoms with Crippen molar-refractivity contribution in [3.05, 3.63) is 28.8 Å². The zero-order chi connectivity index (χ0) is 13.0. The number of aromatic carboxylic acids is 1. The molecule has 0 aliphatic heterocycles. The Morgan fingerprint density at radius 3 is 2.17 bits per heavy atom. The number of benzene rings is 1. The SMILES string of the molecule is Cc1cc(C(=O)[O-])cc(C)c1OC(=O)CCI.[Na+]. The van der Waals surface area contributed by atoms with E-state index in [1.54, 1.807) is 13.8 Å². The molecule has 18 heavy (non-hydrogen) atoms. The number of carboxylic acid groups (broad SMARTS) is 1. The number of ether oxygens (including phenoxy) is 1. The van der Waals surface area contributed by atoms with Crippen LogP contribution in [0.4, 0.5) is 0 Å². The van der Waals surface area contributed by atoms with Gasteiger partial charge in [0.2, 0.25) is 0 Å². The molecule has 0 spiro atoms. The van der Waals surface area contributed by atoms with Crippen LogP contribution >= 0.6 is 22.6 Å². The van der Waals surface area contributed by atoms with Crippen molar-refractivity contribution in [2.24, 2.45) is 0 Å². The smallest absolute Gasteiger partial charge is 0.545 e. The van der Waals surface area contributed by atoms with Gasteiger partial charge in [-0.15, -0.1) is 0 Å². The maximum atomic E-state index is 11.4.